The van der Waals surface area contributed by atoms with E-state index in [1.807, 2.05) is 6.20 Å². The average molecular weight is 135 g/mol. The van der Waals surface area contributed by atoms with Gasteiger partial charge < -0.3 is 4.90 Å². The van der Waals surface area contributed by atoms with E-state index in [0.717, 1.165) is 12.5 Å². The molecule has 0 bridgehead atoms. The van der Waals surface area contributed by atoms with Crippen LogP contribution in [0.2, 0.25) is 0 Å². The summed E-state index contributed by atoms with van der Waals surface area (Å²) in [6, 6.07) is 0. The van der Waals surface area contributed by atoms with Crippen LogP contribution in [0.25, 0.3) is 0 Å². The Labute approximate surface area is 59.7 Å². The molecule has 3 heteroatoms. The molecule has 0 aromatic rings. The van der Waals surface area contributed by atoms with Gasteiger partial charge >= 0.3 is 0 Å². The zero-order valence-corrected chi connectivity index (χ0v) is 5.83. The molecule has 0 saturated carbocycles. The molecule has 0 radical (unpaired) electrons. The molecule has 0 fully saturated rings. The van der Waals surface area contributed by atoms with Crippen LogP contribution >= 0.6 is 0 Å². The van der Waals surface area contributed by atoms with Crippen molar-refractivity contribution in [1.29, 1.82) is 0 Å². The van der Waals surface area contributed by atoms with Crippen LogP contribution in [0.3, 0.4) is 0 Å². The maximum absolute atomic E-state index is 4.07. The van der Waals surface area contributed by atoms with Gasteiger partial charge in [0.15, 0.2) is 5.84 Å². The minimum absolute atomic E-state index is 0.801. The van der Waals surface area contributed by atoms with E-state index >= 15 is 0 Å². The maximum atomic E-state index is 4.07. The average Bonchev–Trinajstić information content (AvgIpc) is 2.33. The van der Waals surface area contributed by atoms with Gasteiger partial charge in [0.2, 0.25) is 0 Å². The van der Waals surface area contributed by atoms with Gasteiger partial charge in [0.25, 0.3) is 0 Å². The summed E-state index contributed by atoms with van der Waals surface area (Å²) in [7, 11) is 0. The largest absolute Gasteiger partial charge is 0.312 e. The molecule has 2 rings (SSSR count). The Morgan fingerprint density at radius 3 is 3.50 bits per heavy atom. The van der Waals surface area contributed by atoms with Gasteiger partial charge in [-0.05, 0) is 24.6 Å². The zero-order chi connectivity index (χ0) is 6.97. The second kappa shape index (κ2) is 1.87. The Kier molecular flexibility index (Phi) is 1.03. The van der Waals surface area contributed by atoms with Crippen molar-refractivity contribution in [3.63, 3.8) is 0 Å². The summed E-state index contributed by atoms with van der Waals surface area (Å²) in [4.78, 5) is 2.06. The van der Waals surface area contributed by atoms with Crippen LogP contribution in [-0.4, -0.2) is 17.4 Å². The van der Waals surface area contributed by atoms with Gasteiger partial charge in [-0.15, -0.1) is 0 Å². The quantitative estimate of drug-likeness (QED) is 0.527. The summed E-state index contributed by atoms with van der Waals surface area (Å²) in [5.74, 6) is 1.01. The second-order valence-electron chi connectivity index (χ2n) is 2.46. The Morgan fingerprint density at radius 2 is 2.60 bits per heavy atom. The molecule has 0 unspecified atom stereocenters. The number of hydrazone groups is 1. The normalized spacial score (nSPS) is 21.5. The molecule has 2 aliphatic rings. The monoisotopic (exact) mass is 135 g/mol. The highest BCUT2D eigenvalue weighted by Gasteiger charge is 2.13. The second-order valence-corrected chi connectivity index (χ2v) is 2.46. The molecular weight excluding hydrogens is 126 g/mol. The van der Waals surface area contributed by atoms with E-state index in [-0.39, 0.29) is 0 Å². The lowest BCUT2D eigenvalue weighted by Crippen LogP contribution is -2.24. The van der Waals surface area contributed by atoms with E-state index in [9.17, 15) is 0 Å². The Balaban J connectivity index is 2.34. The number of rotatable bonds is 0. The molecule has 0 aliphatic carbocycles. The summed E-state index contributed by atoms with van der Waals surface area (Å²) >= 11 is 0. The summed E-state index contributed by atoms with van der Waals surface area (Å²) in [5, 5.41) is 4.07. The zero-order valence-electron chi connectivity index (χ0n) is 5.83. The number of hydrogen-bond donors (Lipinski definition) is 1. The predicted octanol–water partition coefficient (Wildman–Crippen LogP) is 0.636. The first-order chi connectivity index (χ1) is 4.86. The van der Waals surface area contributed by atoms with E-state index in [4.69, 9.17) is 0 Å². The van der Waals surface area contributed by atoms with Crippen molar-refractivity contribution in [2.24, 2.45) is 5.10 Å². The fourth-order valence-electron chi connectivity index (χ4n) is 1.04. The van der Waals surface area contributed by atoms with Crippen molar-refractivity contribution in [3.8, 4) is 0 Å². The van der Waals surface area contributed by atoms with Crippen LogP contribution in [0.4, 0.5) is 0 Å². The van der Waals surface area contributed by atoms with Crippen LogP contribution in [-0.2, 0) is 0 Å². The molecule has 3 nitrogen and oxygen atoms in total. The lowest BCUT2D eigenvalue weighted by Gasteiger charge is -2.14. The van der Waals surface area contributed by atoms with Crippen LogP contribution in [0.5, 0.6) is 0 Å². The van der Waals surface area contributed by atoms with Gasteiger partial charge in [-0.1, -0.05) is 0 Å². The van der Waals surface area contributed by atoms with Crippen molar-refractivity contribution in [1.82, 2.24) is 10.3 Å². The Bertz CT molecular complexity index is 237. The topological polar surface area (TPSA) is 27.6 Å². The van der Waals surface area contributed by atoms with Crippen molar-refractivity contribution < 1.29 is 0 Å². The maximum Gasteiger partial charge on any atom is 0.154 e. The summed E-state index contributed by atoms with van der Waals surface area (Å²) in [6.07, 6.45) is 6.17. The van der Waals surface area contributed by atoms with Crippen LogP contribution in [0, 0.1) is 0 Å². The third-order valence-electron chi connectivity index (χ3n) is 1.60. The van der Waals surface area contributed by atoms with Gasteiger partial charge in [0, 0.05) is 6.20 Å². The minimum atomic E-state index is 0.801. The summed E-state index contributed by atoms with van der Waals surface area (Å²) < 4.78 is 0. The highest BCUT2D eigenvalue weighted by atomic mass is 15.5. The molecule has 0 atom stereocenters. The molecule has 0 amide bonds. The van der Waals surface area contributed by atoms with E-state index in [0.29, 0.717) is 0 Å². The Hall–Kier alpha value is -1.25. The van der Waals surface area contributed by atoms with Crippen molar-refractivity contribution in [2.45, 2.75) is 6.92 Å². The van der Waals surface area contributed by atoms with E-state index < -0.39 is 0 Å². The Morgan fingerprint density at radius 1 is 1.70 bits per heavy atom. The van der Waals surface area contributed by atoms with Crippen LogP contribution in [0.1, 0.15) is 6.92 Å². The molecule has 0 aromatic heterocycles. The molecule has 1 N–H and O–H groups in total. The van der Waals surface area contributed by atoms with Crippen LogP contribution < -0.4 is 5.43 Å². The van der Waals surface area contributed by atoms with Gasteiger partial charge in [0.05, 0.1) is 0 Å². The number of hydrogen-bond acceptors (Lipinski definition) is 3. The van der Waals surface area contributed by atoms with Crippen LogP contribution in [0.15, 0.2) is 29.0 Å². The van der Waals surface area contributed by atoms with Gasteiger partial charge in [0.1, 0.15) is 6.67 Å². The van der Waals surface area contributed by atoms with E-state index in [2.05, 4.69) is 34.5 Å². The molecule has 2 heterocycles. The molecule has 0 spiro atoms. The standard InChI is InChI=1S/C7H9N3/c1-6-2-3-10-5-8-9-7(10)4-6/h2-4,8H,5H2,1H3. The first-order valence-electron chi connectivity index (χ1n) is 3.30. The van der Waals surface area contributed by atoms with Gasteiger partial charge in [-0.3, -0.25) is 5.43 Å². The number of nitrogens with zero attached hydrogens (tertiary/aromatic N) is 2. The summed E-state index contributed by atoms with van der Waals surface area (Å²) in [6.45, 7) is 2.87. The van der Waals surface area contributed by atoms with Crippen molar-refractivity contribution in [2.75, 3.05) is 6.67 Å². The van der Waals surface area contributed by atoms with Gasteiger partial charge in [-0.25, -0.2) is 0 Å². The number of nitrogens with one attached hydrogen (secondary N) is 1. The van der Waals surface area contributed by atoms with E-state index in [1.54, 1.807) is 0 Å². The molecule has 10 heavy (non-hydrogen) atoms. The van der Waals surface area contributed by atoms with Crippen molar-refractivity contribution in [3.05, 3.63) is 23.9 Å². The van der Waals surface area contributed by atoms with Gasteiger partial charge in [-0.2, -0.15) is 5.10 Å². The van der Waals surface area contributed by atoms with Crippen molar-refractivity contribution >= 4 is 5.84 Å². The number of amidine groups is 1. The number of allylic oxidation sites excluding steroid dienone is 2. The van der Waals surface area contributed by atoms with E-state index in [1.165, 1.54) is 5.57 Å². The summed E-state index contributed by atoms with van der Waals surface area (Å²) in [5.41, 5.74) is 4.15. The fourth-order valence-corrected chi connectivity index (χ4v) is 1.04. The molecule has 0 aromatic carbocycles. The fraction of sp³-hybridized carbons (Fsp3) is 0.286. The predicted molar refractivity (Wildman–Crippen MR) is 40.2 cm³/mol. The third kappa shape index (κ3) is 0.708. The smallest absolute Gasteiger partial charge is 0.154 e. The molecule has 52 valence electrons. The number of fused-ring (bicyclic) bond motifs is 1. The first kappa shape index (κ1) is 5.53. The molecule has 0 saturated heterocycles. The highest BCUT2D eigenvalue weighted by Crippen LogP contribution is 2.09. The lowest BCUT2D eigenvalue weighted by atomic mass is 10.2. The lowest BCUT2D eigenvalue weighted by molar-refractivity contribution is 0.549. The first-order valence-corrected chi connectivity index (χ1v) is 3.30. The SMILES string of the molecule is CC1=CC2=NNCN2C=C1. The third-order valence-corrected chi connectivity index (χ3v) is 1.60. The molecule has 2 aliphatic heterocycles. The minimum Gasteiger partial charge on any atom is -0.312 e. The molecular formula is C7H9N3. The highest BCUT2D eigenvalue weighted by molar-refractivity contribution is 5.96.